The lowest BCUT2D eigenvalue weighted by atomic mass is 9.78. The topological polar surface area (TPSA) is 76.8 Å². The number of hydrogen-bond donors (Lipinski definition) is 1. The summed E-state index contributed by atoms with van der Waals surface area (Å²) in [6.07, 6.45) is 0.880. The number of hydrogen-bond acceptors (Lipinski definition) is 4. The standard InChI is InChI=1S/C27H25N3O3/c1-3-20-7-11-24(12-8-20)30-25(31)29(23-13-9-21(16-28)10-14-23)26(17-33-18-26)27(30,32)22-6-4-5-19(2)15-22/h4-15,32H,3,17-18H2,1-2H3. The molecule has 0 bridgehead atoms. The maximum absolute atomic E-state index is 14.1. The molecule has 5 rings (SSSR count). The third-order valence-corrected chi connectivity index (χ3v) is 6.74. The molecule has 2 saturated heterocycles. The van der Waals surface area contributed by atoms with Crippen LogP contribution in [0.2, 0.25) is 0 Å². The summed E-state index contributed by atoms with van der Waals surface area (Å²) in [5.41, 5.74) is 1.83. The molecule has 1 N–H and O–H groups in total. The highest BCUT2D eigenvalue weighted by Crippen LogP contribution is 2.54. The van der Waals surface area contributed by atoms with Gasteiger partial charge in [0.25, 0.3) is 0 Å². The molecule has 3 aromatic carbocycles. The summed E-state index contributed by atoms with van der Waals surface area (Å²) in [6.45, 7) is 4.41. The maximum Gasteiger partial charge on any atom is 0.332 e. The van der Waals surface area contributed by atoms with Crippen molar-refractivity contribution < 1.29 is 14.6 Å². The fraction of sp³-hybridized carbons (Fsp3) is 0.259. The summed E-state index contributed by atoms with van der Waals surface area (Å²) in [5.74, 6) is 0. The van der Waals surface area contributed by atoms with E-state index < -0.39 is 11.3 Å². The summed E-state index contributed by atoms with van der Waals surface area (Å²) in [5, 5.41) is 21.7. The van der Waals surface area contributed by atoms with E-state index in [2.05, 4.69) is 13.0 Å². The molecule has 6 heteroatoms. The quantitative estimate of drug-likeness (QED) is 0.650. The first-order chi connectivity index (χ1) is 15.9. The van der Waals surface area contributed by atoms with Crippen LogP contribution in [0.1, 0.15) is 29.2 Å². The summed E-state index contributed by atoms with van der Waals surface area (Å²) >= 11 is 0. The first kappa shape index (κ1) is 21.2. The highest BCUT2D eigenvalue weighted by molar-refractivity contribution is 6.09. The number of amides is 2. The monoisotopic (exact) mass is 439 g/mol. The van der Waals surface area contributed by atoms with Gasteiger partial charge in [-0.3, -0.25) is 9.80 Å². The highest BCUT2D eigenvalue weighted by Gasteiger charge is 2.72. The zero-order valence-corrected chi connectivity index (χ0v) is 18.7. The van der Waals surface area contributed by atoms with Crippen molar-refractivity contribution in [3.63, 3.8) is 0 Å². The zero-order valence-electron chi connectivity index (χ0n) is 18.7. The number of ether oxygens (including phenoxy) is 1. The van der Waals surface area contributed by atoms with Crippen molar-refractivity contribution in [2.75, 3.05) is 23.0 Å². The maximum atomic E-state index is 14.1. The Morgan fingerprint density at radius 1 is 1.00 bits per heavy atom. The molecule has 2 aliphatic rings. The molecule has 2 aliphatic heterocycles. The Balaban J connectivity index is 1.73. The van der Waals surface area contributed by atoms with Gasteiger partial charge in [0.15, 0.2) is 0 Å². The Morgan fingerprint density at radius 2 is 1.64 bits per heavy atom. The number of aliphatic hydroxyl groups is 1. The van der Waals surface area contributed by atoms with Crippen molar-refractivity contribution >= 4 is 17.4 Å². The van der Waals surface area contributed by atoms with Crippen LogP contribution < -0.4 is 9.80 Å². The minimum absolute atomic E-state index is 0.187. The molecule has 1 atom stereocenters. The molecule has 33 heavy (non-hydrogen) atoms. The minimum Gasteiger partial charge on any atom is -0.376 e. The van der Waals surface area contributed by atoms with Crippen molar-refractivity contribution in [3.8, 4) is 6.07 Å². The largest absolute Gasteiger partial charge is 0.376 e. The molecular formula is C27H25N3O3. The number of benzene rings is 3. The van der Waals surface area contributed by atoms with Gasteiger partial charge < -0.3 is 9.84 Å². The molecule has 0 aliphatic carbocycles. The highest BCUT2D eigenvalue weighted by atomic mass is 16.5. The average molecular weight is 440 g/mol. The van der Waals surface area contributed by atoms with Gasteiger partial charge in [-0.15, -0.1) is 0 Å². The lowest BCUT2D eigenvalue weighted by Crippen LogP contribution is -2.70. The molecule has 0 radical (unpaired) electrons. The van der Waals surface area contributed by atoms with Crippen LogP contribution in [0.15, 0.2) is 72.8 Å². The number of aryl methyl sites for hydroxylation is 2. The van der Waals surface area contributed by atoms with Crippen LogP contribution >= 0.6 is 0 Å². The van der Waals surface area contributed by atoms with Gasteiger partial charge in [-0.05, 0) is 55.3 Å². The van der Waals surface area contributed by atoms with Crippen molar-refractivity contribution in [2.45, 2.75) is 31.5 Å². The third kappa shape index (κ3) is 2.97. The Morgan fingerprint density at radius 3 is 2.18 bits per heavy atom. The number of rotatable bonds is 4. The van der Waals surface area contributed by atoms with Crippen LogP contribution in [0, 0.1) is 18.3 Å². The van der Waals surface area contributed by atoms with Crippen molar-refractivity contribution in [1.29, 1.82) is 5.26 Å². The molecule has 166 valence electrons. The second-order valence-electron chi connectivity index (χ2n) is 8.70. The minimum atomic E-state index is -1.66. The van der Waals surface area contributed by atoms with Crippen LogP contribution in [0.4, 0.5) is 16.2 Å². The van der Waals surface area contributed by atoms with Gasteiger partial charge in [-0.2, -0.15) is 5.26 Å². The van der Waals surface area contributed by atoms with Crippen LogP contribution in [0.5, 0.6) is 0 Å². The second-order valence-corrected chi connectivity index (χ2v) is 8.70. The normalized spacial score (nSPS) is 21.2. The van der Waals surface area contributed by atoms with Gasteiger partial charge in [-0.1, -0.05) is 48.9 Å². The molecule has 2 heterocycles. The van der Waals surface area contributed by atoms with Crippen LogP contribution in [-0.2, 0) is 16.9 Å². The molecule has 0 aromatic heterocycles. The molecule has 0 saturated carbocycles. The van der Waals surface area contributed by atoms with Crippen LogP contribution in [0.25, 0.3) is 0 Å². The van der Waals surface area contributed by atoms with E-state index in [-0.39, 0.29) is 19.2 Å². The smallest absolute Gasteiger partial charge is 0.332 e. The Bertz CT molecular complexity index is 1240. The second kappa shape index (κ2) is 7.73. The van der Waals surface area contributed by atoms with Gasteiger partial charge in [0.05, 0.1) is 24.8 Å². The lowest BCUT2D eigenvalue weighted by Gasteiger charge is -2.51. The van der Waals surface area contributed by atoms with Crippen molar-refractivity contribution in [1.82, 2.24) is 0 Å². The lowest BCUT2D eigenvalue weighted by molar-refractivity contribution is -0.153. The predicted molar refractivity (Wildman–Crippen MR) is 126 cm³/mol. The number of anilines is 2. The summed E-state index contributed by atoms with van der Waals surface area (Å²) in [6, 6.07) is 24.0. The molecule has 3 aromatic rings. The molecule has 6 nitrogen and oxygen atoms in total. The van der Waals surface area contributed by atoms with E-state index in [0.717, 1.165) is 17.5 Å². The SMILES string of the molecule is CCc1ccc(N2C(=O)N(c3ccc(C#N)cc3)C3(COC3)C2(O)c2cccc(C)c2)cc1. The molecule has 2 fully saturated rings. The van der Waals surface area contributed by atoms with Gasteiger partial charge in [0.2, 0.25) is 5.72 Å². The predicted octanol–water partition coefficient (Wildman–Crippen LogP) is 4.49. The zero-order chi connectivity index (χ0) is 23.2. The summed E-state index contributed by atoms with van der Waals surface area (Å²) in [4.78, 5) is 17.2. The van der Waals surface area contributed by atoms with E-state index in [0.29, 0.717) is 22.5 Å². The number of carbonyl (C=O) groups is 1. The number of carbonyl (C=O) groups excluding carboxylic acids is 1. The van der Waals surface area contributed by atoms with E-state index in [9.17, 15) is 15.2 Å². The molecule has 1 spiro atoms. The van der Waals surface area contributed by atoms with Crippen molar-refractivity contribution in [2.24, 2.45) is 0 Å². The molecule has 2 amide bonds. The Labute approximate surface area is 193 Å². The number of nitrogens with zero attached hydrogens (tertiary/aromatic N) is 3. The number of urea groups is 1. The summed E-state index contributed by atoms with van der Waals surface area (Å²) < 4.78 is 5.64. The first-order valence-electron chi connectivity index (χ1n) is 11.1. The Hall–Kier alpha value is -3.66. The average Bonchev–Trinajstić information content (AvgIpc) is 3.03. The fourth-order valence-electron chi connectivity index (χ4n) is 4.89. The van der Waals surface area contributed by atoms with E-state index in [4.69, 9.17) is 4.74 Å². The van der Waals surface area contributed by atoms with E-state index in [1.165, 1.54) is 4.90 Å². The van der Waals surface area contributed by atoms with Gasteiger partial charge in [-0.25, -0.2) is 4.79 Å². The van der Waals surface area contributed by atoms with E-state index in [1.54, 1.807) is 29.2 Å². The first-order valence-corrected chi connectivity index (χ1v) is 11.1. The Kier molecular flexibility index (Phi) is 4.97. The third-order valence-electron chi connectivity index (χ3n) is 6.74. The van der Waals surface area contributed by atoms with Gasteiger partial charge in [0.1, 0.15) is 5.54 Å². The molecule has 1 unspecified atom stereocenters. The van der Waals surface area contributed by atoms with Crippen molar-refractivity contribution in [3.05, 3.63) is 95.1 Å². The number of nitriles is 1. The van der Waals surface area contributed by atoms with Gasteiger partial charge >= 0.3 is 6.03 Å². The van der Waals surface area contributed by atoms with E-state index in [1.807, 2.05) is 55.5 Å². The van der Waals surface area contributed by atoms with Crippen LogP contribution in [0.3, 0.4) is 0 Å². The van der Waals surface area contributed by atoms with Gasteiger partial charge in [0, 0.05) is 16.9 Å². The van der Waals surface area contributed by atoms with Crippen LogP contribution in [-0.4, -0.2) is 29.9 Å². The fourth-order valence-corrected chi connectivity index (χ4v) is 4.89. The van der Waals surface area contributed by atoms with E-state index >= 15 is 0 Å². The summed E-state index contributed by atoms with van der Waals surface area (Å²) in [7, 11) is 0. The molecular weight excluding hydrogens is 414 g/mol.